The van der Waals surface area contributed by atoms with Gasteiger partial charge >= 0.3 is 6.09 Å². The maximum absolute atomic E-state index is 12.4. The predicted octanol–water partition coefficient (Wildman–Crippen LogP) is 2.80. The molecule has 1 unspecified atom stereocenters. The molecule has 2 amide bonds. The molecule has 3 N–H and O–H groups in total. The number of rotatable bonds is 6. The minimum Gasteiger partial charge on any atom is -0.465 e. The number of anilines is 2. The molecule has 1 saturated heterocycles. The third-order valence-electron chi connectivity index (χ3n) is 4.94. The van der Waals surface area contributed by atoms with Crippen molar-refractivity contribution in [3.8, 4) is 11.3 Å². The Hall–Kier alpha value is -2.66. The van der Waals surface area contributed by atoms with E-state index in [9.17, 15) is 18.0 Å². The second kappa shape index (κ2) is 7.64. The predicted molar refractivity (Wildman–Crippen MR) is 109 cm³/mol. The Morgan fingerprint density at radius 2 is 1.90 bits per heavy atom. The van der Waals surface area contributed by atoms with Crippen LogP contribution in [0.1, 0.15) is 25.7 Å². The maximum Gasteiger partial charge on any atom is 0.407 e. The van der Waals surface area contributed by atoms with Gasteiger partial charge in [-0.25, -0.2) is 18.2 Å². The number of sulfonamides is 1. The minimum absolute atomic E-state index is 0.288. The molecule has 29 heavy (non-hydrogen) atoms. The summed E-state index contributed by atoms with van der Waals surface area (Å²) in [5.74, 6) is -0.379. The number of carboxylic acid groups (broad SMARTS) is 1. The molecule has 0 radical (unpaired) electrons. The summed E-state index contributed by atoms with van der Waals surface area (Å²) in [5.41, 5.74) is 1.92. The fourth-order valence-electron chi connectivity index (χ4n) is 3.26. The summed E-state index contributed by atoms with van der Waals surface area (Å²) in [6.07, 6.45) is 1.45. The van der Waals surface area contributed by atoms with Gasteiger partial charge in [-0.2, -0.15) is 0 Å². The molecule has 0 spiro atoms. The molecule has 0 bridgehead atoms. The van der Waals surface area contributed by atoms with Crippen molar-refractivity contribution in [3.05, 3.63) is 29.6 Å². The first kappa shape index (κ1) is 19.6. The van der Waals surface area contributed by atoms with Crippen LogP contribution in [0.4, 0.5) is 15.6 Å². The van der Waals surface area contributed by atoms with Gasteiger partial charge in [0, 0.05) is 23.2 Å². The van der Waals surface area contributed by atoms with Crippen molar-refractivity contribution < 1.29 is 23.1 Å². The fourth-order valence-corrected chi connectivity index (χ4v) is 5.37. The Kier molecular flexibility index (Phi) is 5.17. The first-order valence-electron chi connectivity index (χ1n) is 9.21. The van der Waals surface area contributed by atoms with Crippen LogP contribution in [0.2, 0.25) is 0 Å². The molecule has 11 heteroatoms. The molecule has 9 nitrogen and oxygen atoms in total. The van der Waals surface area contributed by atoms with E-state index in [4.69, 9.17) is 5.11 Å². The van der Waals surface area contributed by atoms with E-state index in [0.717, 1.165) is 10.5 Å². The highest BCUT2D eigenvalue weighted by molar-refractivity contribution is 7.93. The lowest BCUT2D eigenvalue weighted by Gasteiger charge is -2.19. The molecule has 1 atom stereocenters. The molecule has 1 aromatic carbocycles. The van der Waals surface area contributed by atoms with Gasteiger partial charge in [0.25, 0.3) is 0 Å². The van der Waals surface area contributed by atoms with Crippen LogP contribution in [0.5, 0.6) is 0 Å². The molecule has 2 heterocycles. The van der Waals surface area contributed by atoms with Crippen LogP contribution in [0.15, 0.2) is 29.6 Å². The van der Waals surface area contributed by atoms with Gasteiger partial charge in [0.1, 0.15) is 6.04 Å². The molecule has 2 aliphatic rings. The monoisotopic (exact) mass is 436 g/mol. The van der Waals surface area contributed by atoms with Crippen molar-refractivity contribution in [1.82, 2.24) is 9.88 Å². The Morgan fingerprint density at radius 3 is 2.55 bits per heavy atom. The number of carbonyl (C=O) groups excluding carboxylic acids is 1. The third kappa shape index (κ3) is 4.35. The molecule has 154 valence electrons. The SMILES string of the molecule is O=C(Nc1nc(-c2ccc(NS(=O)(=O)C3CC3)cc2)cs1)C1CCCN1C(=O)O. The number of hydrogen-bond donors (Lipinski definition) is 3. The molecule has 1 aromatic heterocycles. The van der Waals surface area contributed by atoms with E-state index in [2.05, 4.69) is 15.0 Å². The highest BCUT2D eigenvalue weighted by atomic mass is 32.2. The van der Waals surface area contributed by atoms with Crippen molar-refractivity contribution >= 4 is 44.2 Å². The summed E-state index contributed by atoms with van der Waals surface area (Å²) >= 11 is 1.25. The summed E-state index contributed by atoms with van der Waals surface area (Å²) in [7, 11) is -3.30. The van der Waals surface area contributed by atoms with E-state index < -0.39 is 22.2 Å². The van der Waals surface area contributed by atoms with Gasteiger partial charge in [0.2, 0.25) is 15.9 Å². The molecule has 4 rings (SSSR count). The number of amides is 2. The smallest absolute Gasteiger partial charge is 0.407 e. The topological polar surface area (TPSA) is 129 Å². The zero-order chi connectivity index (χ0) is 20.6. The first-order valence-corrected chi connectivity index (χ1v) is 11.6. The number of hydrogen-bond acceptors (Lipinski definition) is 6. The average Bonchev–Trinajstić information content (AvgIpc) is 3.25. The quantitative estimate of drug-likeness (QED) is 0.639. The summed E-state index contributed by atoms with van der Waals surface area (Å²) in [6.45, 7) is 0.355. The van der Waals surface area contributed by atoms with E-state index in [1.807, 2.05) is 0 Å². The van der Waals surface area contributed by atoms with E-state index in [1.165, 1.54) is 11.3 Å². The zero-order valence-electron chi connectivity index (χ0n) is 15.4. The number of likely N-dealkylation sites (tertiary alicyclic amines) is 1. The summed E-state index contributed by atoms with van der Waals surface area (Å²) in [4.78, 5) is 29.1. The second-order valence-electron chi connectivity index (χ2n) is 7.08. The molecule has 1 saturated carbocycles. The molecule has 1 aliphatic carbocycles. The van der Waals surface area contributed by atoms with Crippen molar-refractivity contribution in [2.75, 3.05) is 16.6 Å². The van der Waals surface area contributed by atoms with Crippen LogP contribution in [0.3, 0.4) is 0 Å². The summed E-state index contributed by atoms with van der Waals surface area (Å²) < 4.78 is 26.6. The third-order valence-corrected chi connectivity index (χ3v) is 7.57. The first-order chi connectivity index (χ1) is 13.8. The summed E-state index contributed by atoms with van der Waals surface area (Å²) in [5, 5.41) is 13.7. The van der Waals surface area contributed by atoms with Crippen molar-refractivity contribution in [3.63, 3.8) is 0 Å². The lowest BCUT2D eigenvalue weighted by atomic mass is 10.1. The second-order valence-corrected chi connectivity index (χ2v) is 9.90. The van der Waals surface area contributed by atoms with Crippen LogP contribution < -0.4 is 10.0 Å². The standard InChI is InChI=1S/C18H20N4O5S2/c23-16(15-2-1-9-22(15)18(24)25)20-17-19-14(10-28-17)11-3-5-12(6-4-11)21-29(26,27)13-7-8-13/h3-6,10,13,15,21H,1-2,7-9H2,(H,24,25)(H,19,20,23). The Labute approximate surface area is 171 Å². The number of thiazole rings is 1. The molecule has 2 fully saturated rings. The van der Waals surface area contributed by atoms with E-state index in [-0.39, 0.29) is 11.2 Å². The number of benzene rings is 1. The van der Waals surface area contributed by atoms with Gasteiger partial charge in [0.05, 0.1) is 10.9 Å². The van der Waals surface area contributed by atoms with Gasteiger partial charge in [-0.3, -0.25) is 14.4 Å². The van der Waals surface area contributed by atoms with Crippen LogP contribution in [-0.4, -0.2) is 53.2 Å². The molecule has 2 aromatic rings. The van der Waals surface area contributed by atoms with Gasteiger partial charge in [-0.05, 0) is 37.8 Å². The number of aromatic nitrogens is 1. The Balaban J connectivity index is 1.41. The lowest BCUT2D eigenvalue weighted by molar-refractivity contribution is -0.119. The van der Waals surface area contributed by atoms with Crippen molar-refractivity contribution in [1.29, 1.82) is 0 Å². The van der Waals surface area contributed by atoms with E-state index in [1.54, 1.807) is 29.6 Å². The van der Waals surface area contributed by atoms with Gasteiger partial charge in [0.15, 0.2) is 5.13 Å². The Morgan fingerprint density at radius 1 is 1.17 bits per heavy atom. The van der Waals surface area contributed by atoms with E-state index in [0.29, 0.717) is 48.7 Å². The number of nitrogens with one attached hydrogen (secondary N) is 2. The maximum atomic E-state index is 12.4. The van der Waals surface area contributed by atoms with Crippen LogP contribution >= 0.6 is 11.3 Å². The van der Waals surface area contributed by atoms with E-state index >= 15 is 0 Å². The van der Waals surface area contributed by atoms with Gasteiger partial charge < -0.3 is 10.4 Å². The Bertz CT molecular complexity index is 1030. The van der Waals surface area contributed by atoms with Crippen LogP contribution in [-0.2, 0) is 14.8 Å². The molecular formula is C18H20N4O5S2. The lowest BCUT2D eigenvalue weighted by Crippen LogP contribution is -2.42. The number of carbonyl (C=O) groups is 2. The molecular weight excluding hydrogens is 416 g/mol. The summed E-state index contributed by atoms with van der Waals surface area (Å²) in [6, 6.07) is 6.17. The van der Waals surface area contributed by atoms with Gasteiger partial charge in [-0.15, -0.1) is 11.3 Å². The molecule has 1 aliphatic heterocycles. The minimum atomic E-state index is -3.30. The normalized spacial score (nSPS) is 19.2. The van der Waals surface area contributed by atoms with Crippen LogP contribution in [0, 0.1) is 0 Å². The highest BCUT2D eigenvalue weighted by Crippen LogP contribution is 2.31. The largest absolute Gasteiger partial charge is 0.465 e. The zero-order valence-corrected chi connectivity index (χ0v) is 17.0. The fraction of sp³-hybridized carbons (Fsp3) is 0.389. The number of nitrogens with zero attached hydrogens (tertiary/aromatic N) is 2. The van der Waals surface area contributed by atoms with Gasteiger partial charge in [-0.1, -0.05) is 12.1 Å². The van der Waals surface area contributed by atoms with Crippen molar-refractivity contribution in [2.24, 2.45) is 0 Å². The van der Waals surface area contributed by atoms with Crippen molar-refractivity contribution in [2.45, 2.75) is 37.0 Å². The average molecular weight is 437 g/mol. The highest BCUT2D eigenvalue weighted by Gasteiger charge is 2.36. The van der Waals surface area contributed by atoms with Crippen LogP contribution in [0.25, 0.3) is 11.3 Å².